The summed E-state index contributed by atoms with van der Waals surface area (Å²) in [6, 6.07) is 11.0. The predicted octanol–water partition coefficient (Wildman–Crippen LogP) is 2.41. The van der Waals surface area contributed by atoms with E-state index in [0.717, 1.165) is 0 Å². The number of hydrazine groups is 1. The number of hydrogen-bond acceptors (Lipinski definition) is 4. The van der Waals surface area contributed by atoms with Crippen LogP contribution in [0.3, 0.4) is 0 Å². The van der Waals surface area contributed by atoms with Crippen LogP contribution < -0.4 is 20.7 Å². The number of nitrogen functional groups attached to an aromatic ring is 1. The monoisotopic (exact) mass is 304 g/mol. The number of nitrogens with one attached hydrogen (secondary N) is 1. The van der Waals surface area contributed by atoms with Gasteiger partial charge in [0.15, 0.2) is 11.5 Å². The Kier molecular flexibility index (Phi) is 5.32. The lowest BCUT2D eigenvalue weighted by atomic mass is 10.2. The maximum atomic E-state index is 13.6. The molecule has 0 aromatic heterocycles. The highest BCUT2D eigenvalue weighted by Crippen LogP contribution is 2.29. The molecule has 0 bridgehead atoms. The molecule has 0 aliphatic carbocycles. The predicted molar refractivity (Wildman–Crippen MR) is 80.0 cm³/mol. The molecule has 0 heterocycles. The van der Waals surface area contributed by atoms with Crippen molar-refractivity contribution in [2.45, 2.75) is 13.5 Å². The van der Waals surface area contributed by atoms with E-state index in [1.807, 2.05) is 6.92 Å². The van der Waals surface area contributed by atoms with Gasteiger partial charge in [-0.05, 0) is 31.2 Å². The van der Waals surface area contributed by atoms with Crippen molar-refractivity contribution in [1.29, 1.82) is 0 Å². The molecular weight excluding hydrogens is 287 g/mol. The van der Waals surface area contributed by atoms with E-state index in [4.69, 9.17) is 15.3 Å². The maximum absolute atomic E-state index is 13.6. The Morgan fingerprint density at radius 1 is 1.18 bits per heavy atom. The van der Waals surface area contributed by atoms with Crippen LogP contribution in [0, 0.1) is 5.82 Å². The summed E-state index contributed by atoms with van der Waals surface area (Å²) in [6.45, 7) is 2.29. The van der Waals surface area contributed by atoms with Crippen molar-refractivity contribution >= 4 is 5.91 Å². The Morgan fingerprint density at radius 2 is 1.95 bits per heavy atom. The number of nitrogens with two attached hydrogens (primary N) is 1. The van der Waals surface area contributed by atoms with Gasteiger partial charge < -0.3 is 9.47 Å². The van der Waals surface area contributed by atoms with E-state index < -0.39 is 5.91 Å². The minimum absolute atomic E-state index is 0.0647. The Labute approximate surface area is 127 Å². The minimum Gasteiger partial charge on any atom is -0.490 e. The molecule has 2 aromatic carbocycles. The second kappa shape index (κ2) is 7.42. The van der Waals surface area contributed by atoms with Gasteiger partial charge >= 0.3 is 0 Å². The van der Waals surface area contributed by atoms with E-state index in [-0.39, 0.29) is 12.4 Å². The number of hydrogen-bond donors (Lipinski definition) is 2. The molecule has 22 heavy (non-hydrogen) atoms. The molecule has 5 nitrogen and oxygen atoms in total. The summed E-state index contributed by atoms with van der Waals surface area (Å²) in [5.41, 5.74) is 2.84. The second-order valence-electron chi connectivity index (χ2n) is 4.45. The van der Waals surface area contributed by atoms with Gasteiger partial charge in [-0.2, -0.15) is 0 Å². The third-order valence-electron chi connectivity index (χ3n) is 2.98. The molecule has 0 aliphatic rings. The molecule has 0 spiro atoms. The fourth-order valence-corrected chi connectivity index (χ4v) is 1.89. The first kappa shape index (κ1) is 15.8. The largest absolute Gasteiger partial charge is 0.490 e. The van der Waals surface area contributed by atoms with Crippen LogP contribution in [-0.2, 0) is 6.61 Å². The zero-order chi connectivity index (χ0) is 15.9. The van der Waals surface area contributed by atoms with Crippen molar-refractivity contribution in [1.82, 2.24) is 5.43 Å². The van der Waals surface area contributed by atoms with Gasteiger partial charge in [0.25, 0.3) is 5.91 Å². The summed E-state index contributed by atoms with van der Waals surface area (Å²) in [6.07, 6.45) is 0. The maximum Gasteiger partial charge on any atom is 0.265 e. The molecule has 0 atom stereocenters. The first-order valence-electron chi connectivity index (χ1n) is 6.79. The Bertz CT molecular complexity index is 662. The number of ether oxygens (including phenoxy) is 2. The van der Waals surface area contributed by atoms with Gasteiger partial charge in [-0.3, -0.25) is 10.2 Å². The first-order chi connectivity index (χ1) is 10.7. The molecule has 0 saturated carbocycles. The van der Waals surface area contributed by atoms with Gasteiger partial charge in [0.1, 0.15) is 12.4 Å². The Morgan fingerprint density at radius 3 is 2.64 bits per heavy atom. The van der Waals surface area contributed by atoms with Crippen molar-refractivity contribution < 1.29 is 18.7 Å². The van der Waals surface area contributed by atoms with E-state index in [1.165, 1.54) is 12.1 Å². The first-order valence-corrected chi connectivity index (χ1v) is 6.79. The summed E-state index contributed by atoms with van der Waals surface area (Å²) < 4.78 is 24.6. The van der Waals surface area contributed by atoms with Gasteiger partial charge in [0.05, 0.1) is 6.61 Å². The lowest BCUT2D eigenvalue weighted by Gasteiger charge is -2.13. The van der Waals surface area contributed by atoms with Crippen LogP contribution in [0.5, 0.6) is 11.5 Å². The summed E-state index contributed by atoms with van der Waals surface area (Å²) in [4.78, 5) is 11.5. The zero-order valence-electron chi connectivity index (χ0n) is 12.1. The SMILES string of the molecule is CCOc1cc(C(=O)NN)ccc1OCc1ccccc1F. The van der Waals surface area contributed by atoms with E-state index in [2.05, 4.69) is 5.43 Å². The second-order valence-corrected chi connectivity index (χ2v) is 4.45. The van der Waals surface area contributed by atoms with Crippen molar-refractivity contribution in [2.24, 2.45) is 5.84 Å². The van der Waals surface area contributed by atoms with Gasteiger partial charge in [0, 0.05) is 11.1 Å². The summed E-state index contributed by atoms with van der Waals surface area (Å²) >= 11 is 0. The highest BCUT2D eigenvalue weighted by Gasteiger charge is 2.11. The smallest absolute Gasteiger partial charge is 0.265 e. The fraction of sp³-hybridized carbons (Fsp3) is 0.188. The number of rotatable bonds is 6. The molecule has 3 N–H and O–H groups in total. The molecule has 0 unspecified atom stereocenters. The lowest BCUT2D eigenvalue weighted by molar-refractivity contribution is 0.0953. The Balaban J connectivity index is 2.19. The molecule has 2 rings (SSSR count). The van der Waals surface area contributed by atoms with Gasteiger partial charge in [-0.25, -0.2) is 10.2 Å². The topological polar surface area (TPSA) is 73.6 Å². The normalized spacial score (nSPS) is 10.1. The van der Waals surface area contributed by atoms with Crippen LogP contribution in [0.15, 0.2) is 42.5 Å². The third-order valence-corrected chi connectivity index (χ3v) is 2.98. The third kappa shape index (κ3) is 3.73. The standard InChI is InChI=1S/C16H17FN2O3/c1-2-21-15-9-11(16(20)19-18)7-8-14(15)22-10-12-5-3-4-6-13(12)17/h3-9H,2,10,18H2,1H3,(H,19,20). The van der Waals surface area contributed by atoms with Crippen LogP contribution in [-0.4, -0.2) is 12.5 Å². The van der Waals surface area contributed by atoms with Crippen molar-refractivity contribution in [2.75, 3.05) is 6.61 Å². The van der Waals surface area contributed by atoms with Crippen molar-refractivity contribution in [3.8, 4) is 11.5 Å². The van der Waals surface area contributed by atoms with Crippen molar-refractivity contribution in [3.05, 3.63) is 59.4 Å². The van der Waals surface area contributed by atoms with Crippen LogP contribution in [0.2, 0.25) is 0 Å². The lowest BCUT2D eigenvalue weighted by Crippen LogP contribution is -2.29. The molecule has 0 fully saturated rings. The van der Waals surface area contributed by atoms with Crippen LogP contribution in [0.4, 0.5) is 4.39 Å². The molecular formula is C16H17FN2O3. The van der Waals surface area contributed by atoms with E-state index >= 15 is 0 Å². The number of carbonyl (C=O) groups excluding carboxylic acids is 1. The molecule has 1 amide bonds. The Hall–Kier alpha value is -2.60. The molecule has 2 aromatic rings. The van der Waals surface area contributed by atoms with Gasteiger partial charge in [-0.15, -0.1) is 0 Å². The number of carbonyl (C=O) groups is 1. The van der Waals surface area contributed by atoms with Crippen LogP contribution >= 0.6 is 0 Å². The molecule has 116 valence electrons. The average molecular weight is 304 g/mol. The summed E-state index contributed by atoms with van der Waals surface area (Å²) in [5, 5.41) is 0. The number of amides is 1. The van der Waals surface area contributed by atoms with E-state index in [0.29, 0.717) is 29.2 Å². The minimum atomic E-state index is -0.429. The zero-order valence-corrected chi connectivity index (χ0v) is 12.1. The highest BCUT2D eigenvalue weighted by atomic mass is 19.1. The van der Waals surface area contributed by atoms with Gasteiger partial charge in [-0.1, -0.05) is 18.2 Å². The fourth-order valence-electron chi connectivity index (χ4n) is 1.89. The average Bonchev–Trinajstić information content (AvgIpc) is 2.54. The summed E-state index contributed by atoms with van der Waals surface area (Å²) in [5.74, 6) is 5.17. The molecule has 6 heteroatoms. The van der Waals surface area contributed by atoms with Crippen molar-refractivity contribution in [3.63, 3.8) is 0 Å². The molecule has 0 aliphatic heterocycles. The van der Waals surface area contributed by atoms with E-state index in [9.17, 15) is 9.18 Å². The van der Waals surface area contributed by atoms with E-state index in [1.54, 1.807) is 30.3 Å². The quantitative estimate of drug-likeness (QED) is 0.488. The molecule has 0 radical (unpaired) electrons. The highest BCUT2D eigenvalue weighted by molar-refractivity contribution is 5.94. The van der Waals surface area contributed by atoms with Gasteiger partial charge in [0.2, 0.25) is 0 Å². The number of halogens is 1. The van der Waals surface area contributed by atoms with Crippen LogP contribution in [0.25, 0.3) is 0 Å². The summed E-state index contributed by atoms with van der Waals surface area (Å²) in [7, 11) is 0. The number of benzene rings is 2. The van der Waals surface area contributed by atoms with Crippen LogP contribution in [0.1, 0.15) is 22.8 Å². The molecule has 0 saturated heterocycles.